The van der Waals surface area contributed by atoms with Crippen LogP contribution >= 0.6 is 0 Å². The van der Waals surface area contributed by atoms with Gasteiger partial charge in [0.1, 0.15) is 0 Å². The van der Waals surface area contributed by atoms with Crippen molar-refractivity contribution in [2.45, 2.75) is 44.9 Å². The van der Waals surface area contributed by atoms with Crippen molar-refractivity contribution in [3.05, 3.63) is 12.2 Å². The maximum atomic E-state index is 10.4. The third-order valence-electron chi connectivity index (χ3n) is 4.09. The van der Waals surface area contributed by atoms with Crippen molar-refractivity contribution in [3.63, 3.8) is 0 Å². The van der Waals surface area contributed by atoms with Crippen LogP contribution < -0.4 is 0 Å². The molecule has 2 rings (SSSR count). The van der Waals surface area contributed by atoms with Gasteiger partial charge in [-0.05, 0) is 37.0 Å². The Kier molecular flexibility index (Phi) is 3.45. The van der Waals surface area contributed by atoms with Crippen LogP contribution in [0.1, 0.15) is 44.9 Å². The van der Waals surface area contributed by atoms with E-state index in [1.165, 1.54) is 51.0 Å². The van der Waals surface area contributed by atoms with Crippen LogP contribution in [0, 0.1) is 17.8 Å². The molecule has 2 fully saturated rings. The van der Waals surface area contributed by atoms with Crippen LogP contribution in [0.3, 0.4) is 0 Å². The average molecular weight is 208 g/mol. The highest BCUT2D eigenvalue weighted by atomic mass is 16.4. The number of carbonyl (C=O) groups is 1. The van der Waals surface area contributed by atoms with E-state index < -0.39 is 5.97 Å². The minimum Gasteiger partial charge on any atom is -0.478 e. The lowest BCUT2D eigenvalue weighted by atomic mass is 9.67. The van der Waals surface area contributed by atoms with Crippen molar-refractivity contribution < 1.29 is 9.90 Å². The Morgan fingerprint density at radius 2 is 1.80 bits per heavy atom. The first-order valence-electron chi connectivity index (χ1n) is 6.17. The van der Waals surface area contributed by atoms with Crippen LogP contribution in [0.2, 0.25) is 0 Å². The number of aliphatic carboxylic acids is 1. The quantitative estimate of drug-likeness (QED) is 0.707. The Labute approximate surface area is 91.4 Å². The van der Waals surface area contributed by atoms with Crippen molar-refractivity contribution in [1.29, 1.82) is 0 Å². The molecule has 84 valence electrons. The summed E-state index contributed by atoms with van der Waals surface area (Å²) in [4.78, 5) is 10.4. The van der Waals surface area contributed by atoms with Gasteiger partial charge in [-0.1, -0.05) is 31.8 Å². The Hall–Kier alpha value is -0.790. The molecular weight excluding hydrogens is 188 g/mol. The van der Waals surface area contributed by atoms with Gasteiger partial charge in [-0.2, -0.15) is 0 Å². The lowest BCUT2D eigenvalue weighted by Crippen LogP contribution is -2.27. The molecule has 0 aliphatic heterocycles. The first-order valence-corrected chi connectivity index (χ1v) is 6.17. The first kappa shape index (κ1) is 10.7. The monoisotopic (exact) mass is 208 g/mol. The normalized spacial score (nSPS) is 36.4. The van der Waals surface area contributed by atoms with Gasteiger partial charge in [0.05, 0.1) is 0 Å². The highest BCUT2D eigenvalue weighted by Crippen LogP contribution is 2.42. The molecule has 0 aromatic carbocycles. The van der Waals surface area contributed by atoms with Gasteiger partial charge < -0.3 is 5.11 Å². The molecule has 0 bridgehead atoms. The third-order valence-corrected chi connectivity index (χ3v) is 4.09. The molecular formula is C13H20O2. The maximum Gasteiger partial charge on any atom is 0.327 e. The van der Waals surface area contributed by atoms with Crippen LogP contribution in [0.15, 0.2) is 12.2 Å². The van der Waals surface area contributed by atoms with Crippen molar-refractivity contribution in [2.24, 2.45) is 17.8 Å². The number of hydrogen-bond acceptors (Lipinski definition) is 1. The first-order chi connectivity index (χ1) is 7.25. The molecule has 15 heavy (non-hydrogen) atoms. The maximum absolute atomic E-state index is 10.4. The molecule has 2 heteroatoms. The van der Waals surface area contributed by atoms with Crippen molar-refractivity contribution in [1.82, 2.24) is 0 Å². The van der Waals surface area contributed by atoms with E-state index in [0.717, 1.165) is 11.8 Å². The highest BCUT2D eigenvalue weighted by molar-refractivity contribution is 5.79. The predicted octanol–water partition coefficient (Wildman–Crippen LogP) is 3.23. The molecule has 0 saturated heterocycles. The fourth-order valence-corrected chi connectivity index (χ4v) is 3.30. The van der Waals surface area contributed by atoms with Crippen molar-refractivity contribution in [3.8, 4) is 0 Å². The third kappa shape index (κ3) is 2.83. The van der Waals surface area contributed by atoms with Crippen molar-refractivity contribution >= 4 is 5.97 Å². The minimum atomic E-state index is -0.805. The Bertz CT molecular complexity index is 257. The van der Waals surface area contributed by atoms with Gasteiger partial charge in [-0.15, -0.1) is 0 Å². The van der Waals surface area contributed by atoms with E-state index in [2.05, 4.69) is 0 Å². The van der Waals surface area contributed by atoms with Crippen molar-refractivity contribution in [2.75, 3.05) is 0 Å². The van der Waals surface area contributed by atoms with Gasteiger partial charge in [0.15, 0.2) is 0 Å². The molecule has 0 aromatic heterocycles. The molecule has 0 heterocycles. The zero-order valence-electron chi connectivity index (χ0n) is 9.19. The summed E-state index contributed by atoms with van der Waals surface area (Å²) in [6.07, 6.45) is 12.6. The van der Waals surface area contributed by atoms with E-state index >= 15 is 0 Å². The summed E-state index contributed by atoms with van der Waals surface area (Å²) in [5.41, 5.74) is 0. The largest absolute Gasteiger partial charge is 0.478 e. The number of carboxylic acid groups (broad SMARTS) is 1. The number of hydrogen-bond donors (Lipinski definition) is 1. The van der Waals surface area contributed by atoms with Gasteiger partial charge in [0, 0.05) is 6.08 Å². The van der Waals surface area contributed by atoms with E-state index in [1.807, 2.05) is 6.08 Å². The second-order valence-corrected chi connectivity index (χ2v) is 5.08. The van der Waals surface area contributed by atoms with E-state index in [-0.39, 0.29) is 0 Å². The number of carboxylic acids is 1. The molecule has 0 aromatic rings. The molecule has 2 nitrogen and oxygen atoms in total. The van der Waals surface area contributed by atoms with Crippen LogP contribution in [-0.2, 0) is 4.79 Å². The summed E-state index contributed by atoms with van der Waals surface area (Å²) in [5.74, 6) is 1.56. The molecule has 2 aliphatic rings. The molecule has 3 unspecified atom stereocenters. The van der Waals surface area contributed by atoms with Gasteiger partial charge in [-0.3, -0.25) is 0 Å². The second kappa shape index (κ2) is 4.82. The smallest absolute Gasteiger partial charge is 0.327 e. The molecule has 0 spiro atoms. The molecule has 3 atom stereocenters. The van der Waals surface area contributed by atoms with Gasteiger partial charge in [-0.25, -0.2) is 4.79 Å². The summed E-state index contributed by atoms with van der Waals surface area (Å²) < 4.78 is 0. The summed E-state index contributed by atoms with van der Waals surface area (Å²) in [7, 11) is 0. The Morgan fingerprint density at radius 1 is 1.07 bits per heavy atom. The topological polar surface area (TPSA) is 37.3 Å². The zero-order chi connectivity index (χ0) is 10.7. The van der Waals surface area contributed by atoms with Crippen LogP contribution in [0.4, 0.5) is 0 Å². The molecule has 2 saturated carbocycles. The Balaban J connectivity index is 1.88. The van der Waals surface area contributed by atoms with E-state index in [9.17, 15) is 4.79 Å². The van der Waals surface area contributed by atoms with E-state index in [0.29, 0.717) is 5.92 Å². The summed E-state index contributed by atoms with van der Waals surface area (Å²) in [6, 6.07) is 0. The molecule has 1 N–H and O–H groups in total. The highest BCUT2D eigenvalue weighted by Gasteiger charge is 2.30. The molecule has 0 radical (unpaired) electrons. The lowest BCUT2D eigenvalue weighted by molar-refractivity contribution is -0.131. The van der Waals surface area contributed by atoms with Crippen LogP contribution in [0.25, 0.3) is 0 Å². The minimum absolute atomic E-state index is 0.528. The summed E-state index contributed by atoms with van der Waals surface area (Å²) in [6.45, 7) is 0. The SMILES string of the molecule is O=C(O)/C=C/C1CCC2CCCCC2C1. The molecule has 2 aliphatic carbocycles. The average Bonchev–Trinajstić information content (AvgIpc) is 2.26. The van der Waals surface area contributed by atoms with E-state index in [1.54, 1.807) is 0 Å². The van der Waals surface area contributed by atoms with Gasteiger partial charge >= 0.3 is 5.97 Å². The Morgan fingerprint density at radius 3 is 2.53 bits per heavy atom. The van der Waals surface area contributed by atoms with Gasteiger partial charge in [0.25, 0.3) is 0 Å². The van der Waals surface area contributed by atoms with Crippen LogP contribution in [0.5, 0.6) is 0 Å². The zero-order valence-corrected chi connectivity index (χ0v) is 9.19. The second-order valence-electron chi connectivity index (χ2n) is 5.08. The van der Waals surface area contributed by atoms with Gasteiger partial charge in [0.2, 0.25) is 0 Å². The number of fused-ring (bicyclic) bond motifs is 1. The summed E-state index contributed by atoms with van der Waals surface area (Å²) in [5, 5.41) is 8.59. The van der Waals surface area contributed by atoms with E-state index in [4.69, 9.17) is 5.11 Å². The predicted molar refractivity (Wildman–Crippen MR) is 59.6 cm³/mol. The number of allylic oxidation sites excluding steroid dienone is 1. The fraction of sp³-hybridized carbons (Fsp3) is 0.769. The fourth-order valence-electron chi connectivity index (χ4n) is 3.30. The van der Waals surface area contributed by atoms with Crippen LogP contribution in [-0.4, -0.2) is 11.1 Å². The number of rotatable bonds is 2. The lowest BCUT2D eigenvalue weighted by Gasteiger charge is -2.38. The molecule has 0 amide bonds. The summed E-state index contributed by atoms with van der Waals surface area (Å²) >= 11 is 0. The standard InChI is InChI=1S/C13H20O2/c14-13(15)8-6-10-5-7-11-3-1-2-4-12(11)9-10/h6,8,10-12H,1-5,7,9H2,(H,14,15)/b8-6+.